The van der Waals surface area contributed by atoms with Crippen LogP contribution in [0.1, 0.15) is 19.4 Å². The Morgan fingerprint density at radius 1 is 1.19 bits per heavy atom. The zero-order valence-corrected chi connectivity index (χ0v) is 15.7. The summed E-state index contributed by atoms with van der Waals surface area (Å²) in [7, 11) is -3.93. The molecule has 0 aromatic heterocycles. The van der Waals surface area contributed by atoms with Gasteiger partial charge in [0.2, 0.25) is 10.0 Å². The fraction of sp³-hybridized carbons (Fsp3) is 0.235. The van der Waals surface area contributed by atoms with E-state index in [1.165, 1.54) is 34.8 Å². The number of sulfonamides is 1. The number of rotatable bonds is 8. The van der Waals surface area contributed by atoms with E-state index in [2.05, 4.69) is 10.5 Å². The minimum atomic E-state index is -3.93. The third-order valence-corrected chi connectivity index (χ3v) is 5.88. The van der Waals surface area contributed by atoms with E-state index in [-0.39, 0.29) is 35.1 Å². The summed E-state index contributed by atoms with van der Waals surface area (Å²) in [4.78, 5) is 10.2. The van der Waals surface area contributed by atoms with Gasteiger partial charge in [-0.05, 0) is 35.9 Å². The summed E-state index contributed by atoms with van der Waals surface area (Å²) in [6, 6.07) is 9.77. The van der Waals surface area contributed by atoms with Gasteiger partial charge in [0.1, 0.15) is 10.6 Å². The van der Waals surface area contributed by atoms with Crippen LogP contribution >= 0.6 is 0 Å². The molecule has 0 saturated heterocycles. The van der Waals surface area contributed by atoms with Crippen molar-refractivity contribution in [2.24, 2.45) is 5.10 Å². The Morgan fingerprint density at radius 2 is 1.81 bits per heavy atom. The Balaban J connectivity index is 2.40. The first kappa shape index (κ1) is 20.3. The second-order valence-corrected chi connectivity index (χ2v) is 7.39. The zero-order valence-electron chi connectivity index (χ0n) is 14.9. The molecule has 0 atom stereocenters. The predicted molar refractivity (Wildman–Crippen MR) is 103 cm³/mol. The van der Waals surface area contributed by atoms with Crippen LogP contribution in [0.2, 0.25) is 0 Å². The van der Waals surface area contributed by atoms with Gasteiger partial charge >= 0.3 is 0 Å². The van der Waals surface area contributed by atoms with Crippen LogP contribution in [0, 0.1) is 10.1 Å². The van der Waals surface area contributed by atoms with Gasteiger partial charge in [0.25, 0.3) is 5.69 Å². The molecule has 2 N–H and O–H groups in total. The lowest BCUT2D eigenvalue weighted by atomic mass is 10.2. The third kappa shape index (κ3) is 4.80. The van der Waals surface area contributed by atoms with Crippen LogP contribution in [0.4, 0.5) is 11.4 Å². The molecule has 0 aliphatic rings. The molecule has 0 bridgehead atoms. The highest BCUT2D eigenvalue weighted by Gasteiger charge is 2.27. The molecule has 144 valence electrons. The number of nitro groups is 1. The average Bonchev–Trinajstić information content (AvgIpc) is 2.64. The maximum absolute atomic E-state index is 12.8. The Bertz CT molecular complexity index is 938. The molecule has 2 rings (SSSR count). The Kier molecular flexibility index (Phi) is 6.48. The molecular weight excluding hydrogens is 372 g/mol. The molecule has 0 unspecified atom stereocenters. The SMILES string of the molecule is CCN(CC)S(=O)(=O)c1cc([N+](=O)[O-])ccc1N/N=C\c1ccc(O)cc1. The first-order valence-electron chi connectivity index (χ1n) is 8.16. The summed E-state index contributed by atoms with van der Waals surface area (Å²) in [5.41, 5.74) is 3.11. The van der Waals surface area contributed by atoms with Gasteiger partial charge in [-0.1, -0.05) is 13.8 Å². The van der Waals surface area contributed by atoms with E-state index >= 15 is 0 Å². The van der Waals surface area contributed by atoms with E-state index in [1.807, 2.05) is 0 Å². The number of nitrogens with zero attached hydrogens (tertiary/aromatic N) is 3. The Hall–Kier alpha value is -2.98. The van der Waals surface area contributed by atoms with Crippen molar-refractivity contribution in [1.82, 2.24) is 4.31 Å². The first-order valence-corrected chi connectivity index (χ1v) is 9.60. The lowest BCUT2D eigenvalue weighted by Crippen LogP contribution is -2.31. The van der Waals surface area contributed by atoms with E-state index in [1.54, 1.807) is 26.0 Å². The summed E-state index contributed by atoms with van der Waals surface area (Å²) in [6.45, 7) is 3.85. The van der Waals surface area contributed by atoms with E-state index in [0.717, 1.165) is 6.07 Å². The molecule has 9 nitrogen and oxygen atoms in total. The van der Waals surface area contributed by atoms with Crippen molar-refractivity contribution in [3.8, 4) is 5.75 Å². The van der Waals surface area contributed by atoms with E-state index in [0.29, 0.717) is 5.56 Å². The number of nitrogens with one attached hydrogen (secondary N) is 1. The smallest absolute Gasteiger partial charge is 0.270 e. The number of hydrogen-bond donors (Lipinski definition) is 2. The molecule has 0 spiro atoms. The van der Waals surface area contributed by atoms with Crippen LogP contribution in [0.25, 0.3) is 0 Å². The number of aromatic hydroxyl groups is 1. The van der Waals surface area contributed by atoms with Gasteiger partial charge in [-0.2, -0.15) is 9.41 Å². The molecule has 0 amide bonds. The standard InChI is InChI=1S/C17H20N4O5S/c1-3-20(4-2)27(25,26)17-11-14(21(23)24)7-10-16(17)19-18-12-13-5-8-15(22)9-6-13/h5-12,19,22H,3-4H2,1-2H3/b18-12-. The van der Waals surface area contributed by atoms with Gasteiger partial charge in [0, 0.05) is 25.2 Å². The lowest BCUT2D eigenvalue weighted by Gasteiger charge is -2.20. The number of non-ortho nitro benzene ring substituents is 1. The number of phenols is 1. The van der Waals surface area contributed by atoms with Gasteiger partial charge < -0.3 is 5.11 Å². The van der Waals surface area contributed by atoms with Crippen molar-refractivity contribution in [3.05, 3.63) is 58.1 Å². The maximum Gasteiger partial charge on any atom is 0.270 e. The Morgan fingerprint density at radius 3 is 2.37 bits per heavy atom. The number of anilines is 1. The summed E-state index contributed by atoms with van der Waals surface area (Å²) in [6.07, 6.45) is 1.44. The van der Waals surface area contributed by atoms with Crippen molar-refractivity contribution in [2.75, 3.05) is 18.5 Å². The van der Waals surface area contributed by atoms with Crippen molar-refractivity contribution < 1.29 is 18.4 Å². The topological polar surface area (TPSA) is 125 Å². The molecule has 2 aromatic carbocycles. The second-order valence-electron chi connectivity index (χ2n) is 5.49. The van der Waals surface area contributed by atoms with Crippen LogP contribution in [-0.2, 0) is 10.0 Å². The van der Waals surface area contributed by atoms with Crippen LogP contribution < -0.4 is 5.43 Å². The molecule has 0 fully saturated rings. The van der Waals surface area contributed by atoms with Gasteiger partial charge in [-0.15, -0.1) is 0 Å². The minimum absolute atomic E-state index is 0.114. The van der Waals surface area contributed by atoms with E-state index < -0.39 is 14.9 Å². The molecule has 27 heavy (non-hydrogen) atoms. The summed E-state index contributed by atoms with van der Waals surface area (Å²) in [5.74, 6) is 0.114. The molecule has 10 heteroatoms. The molecule has 0 radical (unpaired) electrons. The summed E-state index contributed by atoms with van der Waals surface area (Å²) >= 11 is 0. The molecule has 0 aliphatic heterocycles. The van der Waals surface area contributed by atoms with Gasteiger partial charge in [-0.3, -0.25) is 15.5 Å². The molecule has 0 saturated carbocycles. The highest BCUT2D eigenvalue weighted by atomic mass is 32.2. The highest BCUT2D eigenvalue weighted by Crippen LogP contribution is 2.29. The van der Waals surface area contributed by atoms with Crippen LogP contribution in [0.15, 0.2) is 52.5 Å². The van der Waals surface area contributed by atoms with Crippen molar-refractivity contribution in [1.29, 1.82) is 0 Å². The fourth-order valence-electron chi connectivity index (χ4n) is 2.37. The Labute approximate surface area is 157 Å². The summed E-state index contributed by atoms with van der Waals surface area (Å²) < 4.78 is 26.9. The average molecular weight is 392 g/mol. The van der Waals surface area contributed by atoms with Gasteiger partial charge in [0.05, 0.1) is 16.8 Å². The second kappa shape index (κ2) is 8.60. The van der Waals surface area contributed by atoms with Crippen LogP contribution in [0.3, 0.4) is 0 Å². The number of phenolic OH excluding ortho intramolecular Hbond substituents is 1. The van der Waals surface area contributed by atoms with E-state index in [9.17, 15) is 23.6 Å². The van der Waals surface area contributed by atoms with Crippen LogP contribution in [0.5, 0.6) is 5.75 Å². The molecule has 2 aromatic rings. The summed E-state index contributed by atoms with van der Waals surface area (Å²) in [5, 5.41) is 24.3. The largest absolute Gasteiger partial charge is 0.508 e. The zero-order chi connectivity index (χ0) is 20.0. The van der Waals surface area contributed by atoms with Crippen molar-refractivity contribution in [2.45, 2.75) is 18.7 Å². The first-order chi connectivity index (χ1) is 12.8. The monoisotopic (exact) mass is 392 g/mol. The molecule has 0 heterocycles. The molecular formula is C17H20N4O5S. The predicted octanol–water partition coefficient (Wildman–Crippen LogP) is 2.78. The minimum Gasteiger partial charge on any atom is -0.508 e. The van der Waals surface area contributed by atoms with Crippen LogP contribution in [-0.4, -0.2) is 42.1 Å². The number of nitro benzene ring substituents is 1. The van der Waals surface area contributed by atoms with Crippen molar-refractivity contribution in [3.63, 3.8) is 0 Å². The fourth-order valence-corrected chi connectivity index (χ4v) is 3.99. The highest BCUT2D eigenvalue weighted by molar-refractivity contribution is 7.89. The lowest BCUT2D eigenvalue weighted by molar-refractivity contribution is -0.385. The quantitative estimate of drug-likeness (QED) is 0.404. The van der Waals surface area contributed by atoms with E-state index in [4.69, 9.17) is 0 Å². The number of hydrazone groups is 1. The molecule has 0 aliphatic carbocycles. The maximum atomic E-state index is 12.8. The number of benzene rings is 2. The normalized spacial score (nSPS) is 11.8. The number of hydrogen-bond acceptors (Lipinski definition) is 7. The van der Waals surface area contributed by atoms with Gasteiger partial charge in [0.15, 0.2) is 0 Å². The van der Waals surface area contributed by atoms with Gasteiger partial charge in [-0.25, -0.2) is 8.42 Å². The third-order valence-electron chi connectivity index (χ3n) is 3.79. The van der Waals surface area contributed by atoms with Crippen molar-refractivity contribution >= 4 is 27.6 Å².